The number of carboxylic acids is 1. The van der Waals surface area contributed by atoms with E-state index in [0.29, 0.717) is 6.61 Å². The Morgan fingerprint density at radius 1 is 1.53 bits per heavy atom. The number of ether oxygens (including phenoxy) is 1. The summed E-state index contributed by atoms with van der Waals surface area (Å²) in [5, 5.41) is 8.47. The van der Waals surface area contributed by atoms with Crippen LogP contribution in [0.25, 0.3) is 6.08 Å². The predicted octanol–water partition coefficient (Wildman–Crippen LogP) is 2.49. The van der Waals surface area contributed by atoms with Crippen LogP contribution in [0.4, 0.5) is 0 Å². The zero-order chi connectivity index (χ0) is 11.3. The minimum Gasteiger partial charge on any atom is -0.494 e. The summed E-state index contributed by atoms with van der Waals surface area (Å²) < 4.78 is 5.38. The van der Waals surface area contributed by atoms with Gasteiger partial charge in [0.05, 0.1) is 6.61 Å². The number of hydrogen-bond acceptors (Lipinski definition) is 2. The van der Waals surface area contributed by atoms with Crippen LogP contribution in [0.1, 0.15) is 18.1 Å². The fourth-order valence-electron chi connectivity index (χ4n) is 1.26. The molecule has 1 aromatic carbocycles. The van der Waals surface area contributed by atoms with Crippen molar-refractivity contribution < 1.29 is 14.6 Å². The van der Waals surface area contributed by atoms with E-state index in [1.54, 1.807) is 6.08 Å². The van der Waals surface area contributed by atoms with Crippen molar-refractivity contribution in [2.45, 2.75) is 13.8 Å². The van der Waals surface area contributed by atoms with Gasteiger partial charge in [-0.3, -0.25) is 0 Å². The summed E-state index contributed by atoms with van der Waals surface area (Å²) in [6.45, 7) is 4.49. The first-order valence-electron chi connectivity index (χ1n) is 4.78. The van der Waals surface area contributed by atoms with Crippen LogP contribution in [0.3, 0.4) is 0 Å². The lowest BCUT2D eigenvalue weighted by Crippen LogP contribution is -1.94. The lowest BCUT2D eigenvalue weighted by Gasteiger charge is -2.06. The third-order valence-corrected chi connectivity index (χ3v) is 1.92. The summed E-state index contributed by atoms with van der Waals surface area (Å²) in [5.41, 5.74) is 1.86. The van der Waals surface area contributed by atoms with Crippen molar-refractivity contribution in [3.8, 4) is 5.75 Å². The minimum absolute atomic E-state index is 0.630. The van der Waals surface area contributed by atoms with E-state index >= 15 is 0 Å². The molecule has 0 aromatic heterocycles. The van der Waals surface area contributed by atoms with E-state index in [1.165, 1.54) is 0 Å². The number of carboxylic acid groups (broad SMARTS) is 1. The molecule has 0 amide bonds. The van der Waals surface area contributed by atoms with Crippen molar-refractivity contribution in [1.82, 2.24) is 0 Å². The molecule has 0 fully saturated rings. The van der Waals surface area contributed by atoms with E-state index in [1.807, 2.05) is 32.0 Å². The molecule has 0 atom stereocenters. The van der Waals surface area contributed by atoms with E-state index in [4.69, 9.17) is 9.84 Å². The van der Waals surface area contributed by atoms with Gasteiger partial charge in [-0.15, -0.1) is 0 Å². The summed E-state index contributed by atoms with van der Waals surface area (Å²) in [5.74, 6) is -0.105. The Bertz CT molecular complexity index is 380. The van der Waals surface area contributed by atoms with Gasteiger partial charge in [0, 0.05) is 6.08 Å². The molecule has 0 spiro atoms. The number of aliphatic carboxylic acids is 1. The van der Waals surface area contributed by atoms with Gasteiger partial charge in [-0.1, -0.05) is 6.07 Å². The molecule has 1 rings (SSSR count). The van der Waals surface area contributed by atoms with Crippen LogP contribution < -0.4 is 4.74 Å². The molecule has 15 heavy (non-hydrogen) atoms. The molecule has 0 saturated carbocycles. The van der Waals surface area contributed by atoms with Crippen molar-refractivity contribution in [2.24, 2.45) is 0 Å². The van der Waals surface area contributed by atoms with Crippen LogP contribution in [0.2, 0.25) is 0 Å². The van der Waals surface area contributed by atoms with Crippen molar-refractivity contribution in [3.63, 3.8) is 0 Å². The summed E-state index contributed by atoms with van der Waals surface area (Å²) >= 11 is 0. The maximum atomic E-state index is 10.3. The second kappa shape index (κ2) is 5.20. The van der Waals surface area contributed by atoms with Crippen molar-refractivity contribution >= 4 is 12.0 Å². The van der Waals surface area contributed by atoms with E-state index in [0.717, 1.165) is 23.0 Å². The highest BCUT2D eigenvalue weighted by atomic mass is 16.5. The quantitative estimate of drug-likeness (QED) is 0.770. The molecular formula is C12H14O3. The first-order valence-corrected chi connectivity index (χ1v) is 4.78. The topological polar surface area (TPSA) is 46.5 Å². The van der Waals surface area contributed by atoms with Crippen molar-refractivity contribution in [3.05, 3.63) is 35.4 Å². The van der Waals surface area contributed by atoms with Crippen LogP contribution in [-0.4, -0.2) is 17.7 Å². The minimum atomic E-state index is -0.943. The highest BCUT2D eigenvalue weighted by Crippen LogP contribution is 2.19. The van der Waals surface area contributed by atoms with Gasteiger partial charge in [-0.2, -0.15) is 0 Å². The van der Waals surface area contributed by atoms with Gasteiger partial charge in [0.1, 0.15) is 5.75 Å². The van der Waals surface area contributed by atoms with Gasteiger partial charge in [0.2, 0.25) is 0 Å². The van der Waals surface area contributed by atoms with Gasteiger partial charge in [-0.05, 0) is 43.2 Å². The fraction of sp³-hybridized carbons (Fsp3) is 0.250. The average molecular weight is 206 g/mol. The highest BCUT2D eigenvalue weighted by Gasteiger charge is 1.98. The Hall–Kier alpha value is -1.77. The standard InChI is InChI=1S/C12H14O3/c1-3-15-11-6-4-10(8-9(11)2)5-7-12(13)14/h4-8H,3H2,1-2H3,(H,13,14)/b7-5+. The average Bonchev–Trinajstić information content (AvgIpc) is 2.19. The molecule has 0 aliphatic rings. The molecule has 3 nitrogen and oxygen atoms in total. The molecule has 0 saturated heterocycles. The number of benzene rings is 1. The molecule has 0 aliphatic carbocycles. The first kappa shape index (κ1) is 11.3. The molecule has 1 aromatic rings. The lowest BCUT2D eigenvalue weighted by molar-refractivity contribution is -0.131. The van der Waals surface area contributed by atoms with Crippen LogP contribution in [0, 0.1) is 6.92 Å². The smallest absolute Gasteiger partial charge is 0.328 e. The first-order chi connectivity index (χ1) is 7.13. The summed E-state index contributed by atoms with van der Waals surface area (Å²) in [7, 11) is 0. The second-order valence-corrected chi connectivity index (χ2v) is 3.13. The van der Waals surface area contributed by atoms with Gasteiger partial charge >= 0.3 is 5.97 Å². The fourth-order valence-corrected chi connectivity index (χ4v) is 1.26. The van der Waals surface area contributed by atoms with Gasteiger partial charge in [0.25, 0.3) is 0 Å². The number of aryl methyl sites for hydroxylation is 1. The Balaban J connectivity index is 2.86. The molecule has 0 aliphatic heterocycles. The van der Waals surface area contributed by atoms with Crippen LogP contribution >= 0.6 is 0 Å². The molecule has 0 unspecified atom stereocenters. The number of carbonyl (C=O) groups is 1. The number of hydrogen-bond donors (Lipinski definition) is 1. The maximum Gasteiger partial charge on any atom is 0.328 e. The Morgan fingerprint density at radius 2 is 2.27 bits per heavy atom. The lowest BCUT2D eigenvalue weighted by atomic mass is 10.1. The Kier molecular flexibility index (Phi) is 3.92. The zero-order valence-electron chi connectivity index (χ0n) is 8.86. The summed E-state index contributed by atoms with van der Waals surface area (Å²) in [6, 6.07) is 5.57. The van der Waals surface area contributed by atoms with Crippen molar-refractivity contribution in [2.75, 3.05) is 6.61 Å². The van der Waals surface area contributed by atoms with E-state index in [-0.39, 0.29) is 0 Å². The van der Waals surface area contributed by atoms with Gasteiger partial charge in [0.15, 0.2) is 0 Å². The third-order valence-electron chi connectivity index (χ3n) is 1.92. The molecule has 1 N–H and O–H groups in total. The third kappa shape index (κ3) is 3.46. The Morgan fingerprint density at radius 3 is 2.80 bits per heavy atom. The molecule has 80 valence electrons. The van der Waals surface area contributed by atoms with Crippen LogP contribution in [-0.2, 0) is 4.79 Å². The van der Waals surface area contributed by atoms with Crippen LogP contribution in [0.5, 0.6) is 5.75 Å². The van der Waals surface area contributed by atoms with Crippen molar-refractivity contribution in [1.29, 1.82) is 0 Å². The SMILES string of the molecule is CCOc1ccc(/C=C/C(=O)O)cc1C. The largest absolute Gasteiger partial charge is 0.494 e. The normalized spacial score (nSPS) is 10.5. The monoisotopic (exact) mass is 206 g/mol. The Labute approximate surface area is 89.0 Å². The van der Waals surface area contributed by atoms with Gasteiger partial charge < -0.3 is 9.84 Å². The van der Waals surface area contributed by atoms with Gasteiger partial charge in [-0.25, -0.2) is 4.79 Å². The summed E-state index contributed by atoms with van der Waals surface area (Å²) in [4.78, 5) is 10.3. The highest BCUT2D eigenvalue weighted by molar-refractivity contribution is 5.85. The molecular weight excluding hydrogens is 192 g/mol. The molecule has 0 bridgehead atoms. The van der Waals surface area contributed by atoms with E-state index in [2.05, 4.69) is 0 Å². The molecule has 0 radical (unpaired) electrons. The predicted molar refractivity (Wildman–Crippen MR) is 59.0 cm³/mol. The number of rotatable bonds is 4. The molecule has 0 heterocycles. The maximum absolute atomic E-state index is 10.3. The molecule has 3 heteroatoms. The van der Waals surface area contributed by atoms with E-state index < -0.39 is 5.97 Å². The zero-order valence-corrected chi connectivity index (χ0v) is 8.86. The van der Waals surface area contributed by atoms with Crippen LogP contribution in [0.15, 0.2) is 24.3 Å². The second-order valence-electron chi connectivity index (χ2n) is 3.13. The summed E-state index contributed by atoms with van der Waals surface area (Å²) in [6.07, 6.45) is 2.68. The van der Waals surface area contributed by atoms with E-state index in [9.17, 15) is 4.79 Å².